The summed E-state index contributed by atoms with van der Waals surface area (Å²) < 4.78 is 26.0. The number of rotatable bonds is 6. The van der Waals surface area contributed by atoms with E-state index in [0.29, 0.717) is 11.8 Å². The van der Waals surface area contributed by atoms with E-state index >= 15 is 0 Å². The van der Waals surface area contributed by atoms with Gasteiger partial charge in [-0.25, -0.2) is 13.1 Å². The van der Waals surface area contributed by atoms with Crippen LogP contribution in [-0.4, -0.2) is 25.5 Å². The third-order valence-electron chi connectivity index (χ3n) is 2.15. The van der Waals surface area contributed by atoms with Crippen molar-refractivity contribution in [3.8, 4) is 0 Å². The zero-order valence-corrected chi connectivity index (χ0v) is 12.4. The molecular weight excluding hydrogens is 278 g/mol. The van der Waals surface area contributed by atoms with Crippen LogP contribution in [0.1, 0.15) is 40.5 Å². The third kappa shape index (κ3) is 8.22. The molecule has 0 aliphatic rings. The Kier molecular flexibility index (Phi) is 6.37. The van der Waals surface area contributed by atoms with Crippen LogP contribution in [0.5, 0.6) is 0 Å². The average Bonchev–Trinajstić information content (AvgIpc) is 2.10. The van der Waals surface area contributed by atoms with Crippen LogP contribution in [0.2, 0.25) is 0 Å². The van der Waals surface area contributed by atoms with Gasteiger partial charge >= 0.3 is 0 Å². The normalized spacial score (nSPS) is 15.3. The zero-order valence-electron chi connectivity index (χ0n) is 10.0. The van der Waals surface area contributed by atoms with Crippen LogP contribution in [0, 0.1) is 5.41 Å². The summed E-state index contributed by atoms with van der Waals surface area (Å²) in [6.45, 7) is 8.11. The van der Waals surface area contributed by atoms with E-state index in [4.69, 9.17) is 0 Å². The largest absolute Gasteiger partial charge is 0.212 e. The molecule has 5 heteroatoms. The summed E-state index contributed by atoms with van der Waals surface area (Å²) in [6.07, 6.45) is 1.49. The highest BCUT2D eigenvalue weighted by molar-refractivity contribution is 9.09. The van der Waals surface area contributed by atoms with Crippen molar-refractivity contribution in [1.29, 1.82) is 0 Å². The molecule has 1 atom stereocenters. The molecule has 0 heterocycles. The molecule has 0 amide bonds. The lowest BCUT2D eigenvalue weighted by Gasteiger charge is -2.19. The summed E-state index contributed by atoms with van der Waals surface area (Å²) in [6, 6.07) is 0.00923. The highest BCUT2D eigenvalue weighted by Gasteiger charge is 2.19. The molecule has 0 aromatic carbocycles. The molecule has 1 unspecified atom stereocenters. The molecule has 0 saturated heterocycles. The van der Waals surface area contributed by atoms with Gasteiger partial charge in [-0.1, -0.05) is 43.6 Å². The number of alkyl halides is 1. The summed E-state index contributed by atoms with van der Waals surface area (Å²) in [7, 11) is -3.12. The lowest BCUT2D eigenvalue weighted by molar-refractivity contribution is 0.395. The maximum Gasteiger partial charge on any atom is 0.211 e. The van der Waals surface area contributed by atoms with Gasteiger partial charge < -0.3 is 0 Å². The van der Waals surface area contributed by atoms with Gasteiger partial charge in [0.05, 0.1) is 5.75 Å². The van der Waals surface area contributed by atoms with E-state index in [1.807, 2.05) is 27.7 Å². The Bertz CT molecular complexity index is 266. The molecule has 0 radical (unpaired) electrons. The monoisotopic (exact) mass is 299 g/mol. The topological polar surface area (TPSA) is 46.2 Å². The molecule has 0 saturated carbocycles. The van der Waals surface area contributed by atoms with Crippen LogP contribution in [0.4, 0.5) is 0 Å². The number of sulfonamides is 1. The van der Waals surface area contributed by atoms with Crippen molar-refractivity contribution >= 4 is 26.0 Å². The standard InChI is InChI=1S/C10H22BrNO2S/c1-5-9(8-11)12-15(13,14)7-6-10(2,3)4/h9,12H,5-8H2,1-4H3. The van der Waals surface area contributed by atoms with E-state index in [2.05, 4.69) is 20.7 Å². The van der Waals surface area contributed by atoms with E-state index < -0.39 is 10.0 Å². The van der Waals surface area contributed by atoms with Crippen LogP contribution < -0.4 is 4.72 Å². The minimum atomic E-state index is -3.12. The highest BCUT2D eigenvalue weighted by atomic mass is 79.9. The molecule has 0 rings (SSSR count). The lowest BCUT2D eigenvalue weighted by atomic mass is 9.94. The molecule has 0 bridgehead atoms. The van der Waals surface area contributed by atoms with Gasteiger partial charge in [0.15, 0.2) is 0 Å². The molecule has 0 spiro atoms. The minimum absolute atomic E-state index is 0.00923. The van der Waals surface area contributed by atoms with E-state index in [9.17, 15) is 8.42 Å². The maximum atomic E-state index is 11.7. The molecule has 92 valence electrons. The smallest absolute Gasteiger partial charge is 0.211 e. The van der Waals surface area contributed by atoms with Crippen LogP contribution in [0.15, 0.2) is 0 Å². The van der Waals surface area contributed by atoms with Crippen LogP contribution >= 0.6 is 15.9 Å². The van der Waals surface area contributed by atoms with Crippen LogP contribution in [0.3, 0.4) is 0 Å². The number of nitrogens with one attached hydrogen (secondary N) is 1. The van der Waals surface area contributed by atoms with E-state index in [1.165, 1.54) is 0 Å². The summed E-state index contributed by atoms with van der Waals surface area (Å²) in [5, 5.41) is 0.665. The van der Waals surface area contributed by atoms with Gasteiger partial charge in [0.2, 0.25) is 10.0 Å². The Morgan fingerprint density at radius 1 is 1.33 bits per heavy atom. The molecule has 3 nitrogen and oxygen atoms in total. The van der Waals surface area contributed by atoms with Crippen LogP contribution in [0.25, 0.3) is 0 Å². The van der Waals surface area contributed by atoms with Crippen molar-refractivity contribution in [3.05, 3.63) is 0 Å². The molecule has 15 heavy (non-hydrogen) atoms. The number of hydrogen-bond acceptors (Lipinski definition) is 2. The first-order valence-corrected chi connectivity index (χ1v) is 8.03. The average molecular weight is 300 g/mol. The van der Waals surface area contributed by atoms with E-state index in [0.717, 1.165) is 6.42 Å². The van der Waals surface area contributed by atoms with Gasteiger partial charge in [-0.2, -0.15) is 0 Å². The van der Waals surface area contributed by atoms with Gasteiger partial charge in [-0.05, 0) is 18.3 Å². The summed E-state index contributed by atoms with van der Waals surface area (Å²) in [4.78, 5) is 0. The maximum absolute atomic E-state index is 11.7. The van der Waals surface area contributed by atoms with Gasteiger partial charge in [0.25, 0.3) is 0 Å². The molecule has 1 N–H and O–H groups in total. The summed E-state index contributed by atoms with van der Waals surface area (Å²) >= 11 is 3.29. The van der Waals surface area contributed by atoms with Gasteiger partial charge in [-0.3, -0.25) is 0 Å². The van der Waals surface area contributed by atoms with Crippen molar-refractivity contribution in [1.82, 2.24) is 4.72 Å². The molecule has 0 aromatic rings. The minimum Gasteiger partial charge on any atom is -0.212 e. The molecule has 0 aliphatic carbocycles. The van der Waals surface area contributed by atoms with E-state index in [-0.39, 0.29) is 17.2 Å². The Hall–Kier alpha value is 0.390. The van der Waals surface area contributed by atoms with Crippen LogP contribution in [-0.2, 0) is 10.0 Å². The summed E-state index contributed by atoms with van der Waals surface area (Å²) in [5.41, 5.74) is 0.0604. The van der Waals surface area contributed by atoms with Crippen molar-refractivity contribution in [2.75, 3.05) is 11.1 Å². The molecule has 0 aromatic heterocycles. The van der Waals surface area contributed by atoms with Gasteiger partial charge in [0, 0.05) is 11.4 Å². The van der Waals surface area contributed by atoms with Crippen molar-refractivity contribution in [2.45, 2.75) is 46.6 Å². The van der Waals surface area contributed by atoms with Crippen molar-refractivity contribution < 1.29 is 8.42 Å². The Balaban J connectivity index is 4.20. The fourth-order valence-corrected chi connectivity index (χ4v) is 3.57. The Morgan fingerprint density at radius 2 is 1.87 bits per heavy atom. The molecule has 0 fully saturated rings. The second kappa shape index (κ2) is 6.21. The van der Waals surface area contributed by atoms with Gasteiger partial charge in [0.1, 0.15) is 0 Å². The fraction of sp³-hybridized carbons (Fsp3) is 1.00. The first kappa shape index (κ1) is 15.4. The SMILES string of the molecule is CCC(CBr)NS(=O)(=O)CCC(C)(C)C. The predicted molar refractivity (Wildman–Crippen MR) is 68.9 cm³/mol. The second-order valence-electron chi connectivity index (χ2n) is 5.01. The quantitative estimate of drug-likeness (QED) is 0.766. The third-order valence-corrected chi connectivity index (χ3v) is 4.36. The fourth-order valence-electron chi connectivity index (χ4n) is 0.977. The number of halogens is 1. The number of hydrogen-bond donors (Lipinski definition) is 1. The first-order chi connectivity index (χ1) is 6.70. The van der Waals surface area contributed by atoms with Crippen molar-refractivity contribution in [2.24, 2.45) is 5.41 Å². The Labute approximate surface area is 102 Å². The first-order valence-electron chi connectivity index (χ1n) is 5.26. The van der Waals surface area contributed by atoms with Crippen molar-refractivity contribution in [3.63, 3.8) is 0 Å². The lowest BCUT2D eigenvalue weighted by Crippen LogP contribution is -2.37. The second-order valence-corrected chi connectivity index (χ2v) is 7.53. The highest BCUT2D eigenvalue weighted by Crippen LogP contribution is 2.19. The summed E-state index contributed by atoms with van der Waals surface area (Å²) in [5.74, 6) is 0.208. The Morgan fingerprint density at radius 3 is 2.20 bits per heavy atom. The van der Waals surface area contributed by atoms with E-state index in [1.54, 1.807) is 0 Å². The van der Waals surface area contributed by atoms with Gasteiger partial charge in [-0.15, -0.1) is 0 Å². The predicted octanol–water partition coefficient (Wildman–Crippen LogP) is 2.52. The molecular formula is C10H22BrNO2S. The zero-order chi connectivity index (χ0) is 12.1. The molecule has 0 aliphatic heterocycles.